The van der Waals surface area contributed by atoms with E-state index in [2.05, 4.69) is 26.6 Å². The monoisotopic (exact) mass is 327 g/mol. The molecule has 0 unspecified atom stereocenters. The van der Waals surface area contributed by atoms with Gasteiger partial charge in [0.2, 0.25) is 11.8 Å². The molecule has 1 fully saturated rings. The standard InChI is InChI=1S/C12H14BrN3O3/c1-14-10(18)12(3-4-12)11(19)15-7-5-8(13)9(17)16(2)6-7/h5-6H,3-4H2,1-2H3,(H,14,18)(H,15,19). The first-order valence-corrected chi connectivity index (χ1v) is 6.60. The lowest BCUT2D eigenvalue weighted by Crippen LogP contribution is -2.38. The van der Waals surface area contributed by atoms with Crippen LogP contribution in [0.5, 0.6) is 0 Å². The van der Waals surface area contributed by atoms with Crippen molar-refractivity contribution < 1.29 is 9.59 Å². The van der Waals surface area contributed by atoms with Crippen molar-refractivity contribution in [2.45, 2.75) is 12.8 Å². The second kappa shape index (κ2) is 4.80. The van der Waals surface area contributed by atoms with E-state index in [9.17, 15) is 14.4 Å². The van der Waals surface area contributed by atoms with Gasteiger partial charge in [-0.25, -0.2) is 0 Å². The van der Waals surface area contributed by atoms with Crippen molar-refractivity contribution >= 4 is 33.4 Å². The lowest BCUT2D eigenvalue weighted by molar-refractivity contribution is -0.134. The number of rotatable bonds is 3. The SMILES string of the molecule is CNC(=O)C1(C(=O)Nc2cc(Br)c(=O)n(C)c2)CC1. The summed E-state index contributed by atoms with van der Waals surface area (Å²) in [6.45, 7) is 0. The molecule has 1 aliphatic carbocycles. The van der Waals surface area contributed by atoms with Gasteiger partial charge in [-0.1, -0.05) is 0 Å². The molecule has 1 aromatic rings. The molecule has 1 aliphatic rings. The van der Waals surface area contributed by atoms with Crippen molar-refractivity contribution in [3.8, 4) is 0 Å². The van der Waals surface area contributed by atoms with Crippen LogP contribution in [0, 0.1) is 5.41 Å². The number of nitrogens with one attached hydrogen (secondary N) is 2. The Morgan fingerprint density at radius 2 is 2.00 bits per heavy atom. The van der Waals surface area contributed by atoms with E-state index in [1.807, 2.05) is 0 Å². The van der Waals surface area contributed by atoms with E-state index in [1.54, 1.807) is 7.05 Å². The quantitative estimate of drug-likeness (QED) is 0.798. The summed E-state index contributed by atoms with van der Waals surface area (Å²) in [5.41, 5.74) is -0.657. The zero-order valence-corrected chi connectivity index (χ0v) is 12.2. The van der Waals surface area contributed by atoms with Gasteiger partial charge in [0.05, 0.1) is 10.2 Å². The predicted molar refractivity (Wildman–Crippen MR) is 73.7 cm³/mol. The van der Waals surface area contributed by atoms with E-state index >= 15 is 0 Å². The minimum absolute atomic E-state index is 0.189. The molecule has 0 atom stereocenters. The summed E-state index contributed by atoms with van der Waals surface area (Å²) in [4.78, 5) is 35.3. The molecule has 6 nitrogen and oxygen atoms in total. The topological polar surface area (TPSA) is 80.2 Å². The largest absolute Gasteiger partial charge is 0.358 e. The van der Waals surface area contributed by atoms with Gasteiger partial charge in [-0.2, -0.15) is 0 Å². The molecular weight excluding hydrogens is 314 g/mol. The minimum atomic E-state index is -0.948. The summed E-state index contributed by atoms with van der Waals surface area (Å²) in [5, 5.41) is 5.18. The first-order chi connectivity index (χ1) is 8.90. The highest BCUT2D eigenvalue weighted by molar-refractivity contribution is 9.10. The highest BCUT2D eigenvalue weighted by atomic mass is 79.9. The maximum absolute atomic E-state index is 12.1. The Bertz CT molecular complexity index is 578. The number of amides is 2. The lowest BCUT2D eigenvalue weighted by atomic mass is 10.1. The highest BCUT2D eigenvalue weighted by Gasteiger charge is 2.56. The molecule has 7 heteroatoms. The van der Waals surface area contributed by atoms with Crippen LogP contribution in [-0.2, 0) is 16.6 Å². The number of hydrogen-bond donors (Lipinski definition) is 2. The molecule has 0 bridgehead atoms. The van der Waals surface area contributed by atoms with Gasteiger partial charge in [0, 0.05) is 20.3 Å². The molecule has 0 radical (unpaired) electrons. The van der Waals surface area contributed by atoms with E-state index in [-0.39, 0.29) is 17.4 Å². The molecule has 102 valence electrons. The molecule has 1 saturated carbocycles. The van der Waals surface area contributed by atoms with E-state index < -0.39 is 5.41 Å². The average molecular weight is 328 g/mol. The highest BCUT2D eigenvalue weighted by Crippen LogP contribution is 2.46. The zero-order valence-electron chi connectivity index (χ0n) is 10.6. The number of carbonyl (C=O) groups is 2. The van der Waals surface area contributed by atoms with Crippen molar-refractivity contribution in [2.24, 2.45) is 12.5 Å². The first-order valence-electron chi connectivity index (χ1n) is 5.80. The average Bonchev–Trinajstić information content (AvgIpc) is 3.16. The van der Waals surface area contributed by atoms with Crippen LogP contribution in [0.2, 0.25) is 0 Å². The molecule has 1 heterocycles. The van der Waals surface area contributed by atoms with E-state index in [0.717, 1.165) is 0 Å². The van der Waals surface area contributed by atoms with Crippen LogP contribution in [0.25, 0.3) is 0 Å². The number of halogens is 1. The molecule has 0 saturated heterocycles. The summed E-state index contributed by atoms with van der Waals surface area (Å²) >= 11 is 3.13. The summed E-state index contributed by atoms with van der Waals surface area (Å²) in [6.07, 6.45) is 2.61. The van der Waals surface area contributed by atoms with Gasteiger partial charge in [-0.15, -0.1) is 0 Å². The maximum atomic E-state index is 12.1. The third kappa shape index (κ3) is 2.42. The first kappa shape index (κ1) is 13.8. The summed E-state index contributed by atoms with van der Waals surface area (Å²) in [6, 6.07) is 1.53. The molecule has 19 heavy (non-hydrogen) atoms. The molecule has 2 amide bonds. The lowest BCUT2D eigenvalue weighted by Gasteiger charge is -2.14. The maximum Gasteiger partial charge on any atom is 0.264 e. The third-order valence-electron chi connectivity index (χ3n) is 3.24. The van der Waals surface area contributed by atoms with Gasteiger partial charge in [-0.3, -0.25) is 14.4 Å². The van der Waals surface area contributed by atoms with Gasteiger partial charge in [0.1, 0.15) is 5.41 Å². The summed E-state index contributed by atoms with van der Waals surface area (Å²) in [7, 11) is 3.10. The second-order valence-corrected chi connectivity index (χ2v) is 5.46. The van der Waals surface area contributed by atoms with Crippen LogP contribution in [0.1, 0.15) is 12.8 Å². The van der Waals surface area contributed by atoms with Crippen LogP contribution < -0.4 is 16.2 Å². The van der Waals surface area contributed by atoms with Crippen LogP contribution in [0.4, 0.5) is 5.69 Å². The van der Waals surface area contributed by atoms with Gasteiger partial charge < -0.3 is 15.2 Å². The number of anilines is 1. The van der Waals surface area contributed by atoms with Gasteiger partial charge in [-0.05, 0) is 34.8 Å². The van der Waals surface area contributed by atoms with Crippen LogP contribution >= 0.6 is 15.9 Å². The fourth-order valence-corrected chi connectivity index (χ4v) is 2.44. The molecule has 2 N–H and O–H groups in total. The Morgan fingerprint density at radius 3 is 2.47 bits per heavy atom. The van der Waals surface area contributed by atoms with Crippen LogP contribution in [0.15, 0.2) is 21.5 Å². The summed E-state index contributed by atoms with van der Waals surface area (Å²) < 4.78 is 1.72. The number of carbonyl (C=O) groups excluding carboxylic acids is 2. The Labute approximate surface area is 118 Å². The van der Waals surface area contributed by atoms with E-state index in [1.165, 1.54) is 23.9 Å². The number of hydrogen-bond acceptors (Lipinski definition) is 3. The van der Waals surface area contributed by atoms with Crippen LogP contribution in [0.3, 0.4) is 0 Å². The van der Waals surface area contributed by atoms with Crippen molar-refractivity contribution in [2.75, 3.05) is 12.4 Å². The fourth-order valence-electron chi connectivity index (χ4n) is 1.91. The third-order valence-corrected chi connectivity index (χ3v) is 3.81. The van der Waals surface area contributed by atoms with Gasteiger partial charge in [0.15, 0.2) is 0 Å². The number of pyridine rings is 1. The normalized spacial score (nSPS) is 15.7. The van der Waals surface area contributed by atoms with Gasteiger partial charge >= 0.3 is 0 Å². The number of aryl methyl sites for hydroxylation is 1. The Balaban J connectivity index is 2.21. The smallest absolute Gasteiger partial charge is 0.264 e. The van der Waals surface area contributed by atoms with Crippen molar-refractivity contribution in [1.82, 2.24) is 9.88 Å². The predicted octanol–water partition coefficient (Wildman–Crippen LogP) is 0.612. The molecule has 0 aliphatic heterocycles. The van der Waals surface area contributed by atoms with Crippen molar-refractivity contribution in [3.63, 3.8) is 0 Å². The Hall–Kier alpha value is -1.63. The van der Waals surface area contributed by atoms with E-state index in [0.29, 0.717) is 23.0 Å². The fraction of sp³-hybridized carbons (Fsp3) is 0.417. The molecule has 2 rings (SSSR count). The second-order valence-electron chi connectivity index (χ2n) is 4.61. The van der Waals surface area contributed by atoms with Crippen molar-refractivity contribution in [1.29, 1.82) is 0 Å². The van der Waals surface area contributed by atoms with Crippen LogP contribution in [-0.4, -0.2) is 23.4 Å². The molecule has 1 aromatic heterocycles. The van der Waals surface area contributed by atoms with Gasteiger partial charge in [0.25, 0.3) is 5.56 Å². The van der Waals surface area contributed by atoms with E-state index in [4.69, 9.17) is 0 Å². The Morgan fingerprint density at radius 1 is 1.37 bits per heavy atom. The summed E-state index contributed by atoms with van der Waals surface area (Å²) in [5.74, 6) is -0.605. The molecule has 0 spiro atoms. The number of aromatic nitrogens is 1. The number of nitrogens with zero attached hydrogens (tertiary/aromatic N) is 1. The zero-order chi connectivity index (χ0) is 14.2. The van der Waals surface area contributed by atoms with Crippen molar-refractivity contribution in [3.05, 3.63) is 27.1 Å². The Kier molecular flexibility index (Phi) is 3.49. The molecule has 0 aromatic carbocycles. The molecular formula is C12H14BrN3O3. The minimum Gasteiger partial charge on any atom is -0.358 e.